The maximum atomic E-state index is 11.3. The molecule has 0 radical (unpaired) electrons. The Morgan fingerprint density at radius 3 is 2.64 bits per heavy atom. The van der Waals surface area contributed by atoms with Gasteiger partial charge in [-0.15, -0.1) is 0 Å². The molecule has 1 fully saturated rings. The van der Waals surface area contributed by atoms with Crippen molar-refractivity contribution in [3.05, 3.63) is 41.6 Å². The minimum absolute atomic E-state index is 0.253. The number of benzene rings is 1. The summed E-state index contributed by atoms with van der Waals surface area (Å²) in [6, 6.07) is 9.72. The molecule has 14 heavy (non-hydrogen) atoms. The second-order valence-electron chi connectivity index (χ2n) is 3.20. The Hall–Kier alpha value is -1.77. The molecule has 1 saturated heterocycles. The Kier molecular flexibility index (Phi) is 2.23. The molecule has 1 aliphatic heterocycles. The van der Waals surface area contributed by atoms with Gasteiger partial charge in [-0.25, -0.2) is 4.79 Å². The summed E-state index contributed by atoms with van der Waals surface area (Å²) in [6.45, 7) is 0.345. The van der Waals surface area contributed by atoms with Crippen molar-refractivity contribution in [2.75, 3.05) is 13.8 Å². The van der Waals surface area contributed by atoms with Gasteiger partial charge >= 0.3 is 5.97 Å². The van der Waals surface area contributed by atoms with Gasteiger partial charge < -0.3 is 9.64 Å². The predicted octanol–water partition coefficient (Wildman–Crippen LogP) is 1.47. The highest BCUT2D eigenvalue weighted by Gasteiger charge is 2.23. The van der Waals surface area contributed by atoms with Crippen molar-refractivity contribution < 1.29 is 9.53 Å². The summed E-state index contributed by atoms with van der Waals surface area (Å²) in [4.78, 5) is 13.0. The topological polar surface area (TPSA) is 29.5 Å². The molecule has 0 amide bonds. The van der Waals surface area contributed by atoms with Gasteiger partial charge in [0.25, 0.3) is 0 Å². The third-order valence-electron chi connectivity index (χ3n) is 2.11. The molecule has 72 valence electrons. The Morgan fingerprint density at radius 1 is 1.36 bits per heavy atom. The van der Waals surface area contributed by atoms with Gasteiger partial charge in [0.05, 0.1) is 0 Å². The molecule has 1 aromatic rings. The second kappa shape index (κ2) is 3.54. The first-order chi connectivity index (χ1) is 6.77. The van der Waals surface area contributed by atoms with Gasteiger partial charge in [-0.05, 0) is 11.6 Å². The van der Waals surface area contributed by atoms with Crippen LogP contribution in [-0.2, 0) is 9.53 Å². The van der Waals surface area contributed by atoms with E-state index in [2.05, 4.69) is 0 Å². The Labute approximate surface area is 82.6 Å². The molecule has 1 heterocycles. The van der Waals surface area contributed by atoms with Gasteiger partial charge in [-0.1, -0.05) is 30.3 Å². The first kappa shape index (κ1) is 8.81. The van der Waals surface area contributed by atoms with Crippen molar-refractivity contribution in [1.82, 2.24) is 4.90 Å². The van der Waals surface area contributed by atoms with E-state index in [0.29, 0.717) is 12.4 Å². The van der Waals surface area contributed by atoms with Crippen LogP contribution in [0.4, 0.5) is 0 Å². The van der Waals surface area contributed by atoms with E-state index in [-0.39, 0.29) is 5.97 Å². The number of esters is 1. The number of carbonyl (C=O) groups is 1. The molecule has 0 N–H and O–H groups in total. The van der Waals surface area contributed by atoms with Crippen molar-refractivity contribution in [3.63, 3.8) is 0 Å². The lowest BCUT2D eigenvalue weighted by Gasteiger charge is -2.06. The number of ether oxygens (including phenoxy) is 1. The highest BCUT2D eigenvalue weighted by molar-refractivity contribution is 5.94. The highest BCUT2D eigenvalue weighted by atomic mass is 16.6. The van der Waals surface area contributed by atoms with E-state index in [4.69, 9.17) is 4.74 Å². The minimum Gasteiger partial charge on any atom is -0.440 e. The first-order valence-corrected chi connectivity index (χ1v) is 4.42. The number of hydrogen-bond acceptors (Lipinski definition) is 3. The molecule has 0 bridgehead atoms. The van der Waals surface area contributed by atoms with Crippen LogP contribution in [0, 0.1) is 0 Å². The number of hydrogen-bond donors (Lipinski definition) is 0. The van der Waals surface area contributed by atoms with E-state index >= 15 is 0 Å². The normalized spacial score (nSPS) is 18.8. The van der Waals surface area contributed by atoms with Crippen molar-refractivity contribution in [2.24, 2.45) is 0 Å². The minimum atomic E-state index is -0.253. The number of carbonyl (C=O) groups excluding carboxylic acids is 1. The van der Waals surface area contributed by atoms with Gasteiger partial charge in [0.2, 0.25) is 0 Å². The molecule has 0 aliphatic carbocycles. The molecule has 0 aromatic heterocycles. The number of rotatable bonds is 1. The zero-order chi connectivity index (χ0) is 9.97. The summed E-state index contributed by atoms with van der Waals surface area (Å²) in [6.07, 6.45) is 1.83. The molecule has 1 aromatic carbocycles. The summed E-state index contributed by atoms with van der Waals surface area (Å²) in [5, 5.41) is 0. The molecule has 2 rings (SSSR count). The summed E-state index contributed by atoms with van der Waals surface area (Å²) in [5.74, 6) is -0.253. The number of cyclic esters (lactones) is 1. The van der Waals surface area contributed by atoms with Gasteiger partial charge in [0.1, 0.15) is 5.70 Å². The molecule has 0 atom stereocenters. The molecule has 0 saturated carbocycles. The standard InChI is InChI=1S/C11H11NO2/c1-12-8-14-11(13)10(12)7-9-5-3-2-4-6-9/h2-7H,8H2,1H3. The Balaban J connectivity index is 2.30. The predicted molar refractivity (Wildman–Crippen MR) is 53.1 cm³/mol. The van der Waals surface area contributed by atoms with Crippen LogP contribution in [0.3, 0.4) is 0 Å². The van der Waals surface area contributed by atoms with E-state index < -0.39 is 0 Å². The van der Waals surface area contributed by atoms with Crippen LogP contribution in [-0.4, -0.2) is 24.6 Å². The highest BCUT2D eigenvalue weighted by Crippen LogP contribution is 2.16. The molecule has 0 unspecified atom stereocenters. The van der Waals surface area contributed by atoms with E-state index in [1.54, 1.807) is 4.90 Å². The maximum absolute atomic E-state index is 11.3. The summed E-state index contributed by atoms with van der Waals surface area (Å²) in [5.41, 5.74) is 1.62. The SMILES string of the molecule is CN1COC(=O)C1=Cc1ccccc1. The molecular weight excluding hydrogens is 178 g/mol. The fourth-order valence-electron chi connectivity index (χ4n) is 1.33. The fourth-order valence-corrected chi connectivity index (χ4v) is 1.33. The van der Waals surface area contributed by atoms with E-state index in [1.807, 2.05) is 43.5 Å². The zero-order valence-electron chi connectivity index (χ0n) is 7.93. The van der Waals surface area contributed by atoms with Gasteiger partial charge in [-0.3, -0.25) is 0 Å². The molecule has 0 spiro atoms. The van der Waals surface area contributed by atoms with Crippen LogP contribution < -0.4 is 0 Å². The summed E-state index contributed by atoms with van der Waals surface area (Å²) < 4.78 is 4.87. The maximum Gasteiger partial charge on any atom is 0.356 e. The largest absolute Gasteiger partial charge is 0.440 e. The zero-order valence-corrected chi connectivity index (χ0v) is 7.93. The van der Waals surface area contributed by atoms with Crippen molar-refractivity contribution >= 4 is 12.0 Å². The van der Waals surface area contributed by atoms with Crippen LogP contribution in [0.15, 0.2) is 36.0 Å². The fraction of sp³-hybridized carbons (Fsp3) is 0.182. The molecule has 3 nitrogen and oxygen atoms in total. The quantitative estimate of drug-likeness (QED) is 0.495. The lowest BCUT2D eigenvalue weighted by Crippen LogP contribution is -2.11. The van der Waals surface area contributed by atoms with Crippen LogP contribution >= 0.6 is 0 Å². The average molecular weight is 189 g/mol. The molecule has 1 aliphatic rings. The van der Waals surface area contributed by atoms with E-state index in [9.17, 15) is 4.79 Å². The average Bonchev–Trinajstić information content (AvgIpc) is 2.51. The lowest BCUT2D eigenvalue weighted by molar-refractivity contribution is -0.135. The lowest BCUT2D eigenvalue weighted by atomic mass is 10.2. The van der Waals surface area contributed by atoms with Crippen molar-refractivity contribution in [1.29, 1.82) is 0 Å². The van der Waals surface area contributed by atoms with E-state index in [0.717, 1.165) is 5.56 Å². The van der Waals surface area contributed by atoms with Crippen molar-refractivity contribution in [3.8, 4) is 0 Å². The first-order valence-electron chi connectivity index (χ1n) is 4.42. The monoisotopic (exact) mass is 189 g/mol. The Bertz CT molecular complexity index is 370. The van der Waals surface area contributed by atoms with Crippen LogP contribution in [0.5, 0.6) is 0 Å². The molecule has 3 heteroatoms. The van der Waals surface area contributed by atoms with Crippen LogP contribution in [0.1, 0.15) is 5.56 Å². The smallest absolute Gasteiger partial charge is 0.356 e. The molecular formula is C11H11NO2. The third-order valence-corrected chi connectivity index (χ3v) is 2.11. The Morgan fingerprint density at radius 2 is 2.07 bits per heavy atom. The number of nitrogens with zero attached hydrogens (tertiary/aromatic N) is 1. The van der Waals surface area contributed by atoms with Crippen LogP contribution in [0.2, 0.25) is 0 Å². The second-order valence-corrected chi connectivity index (χ2v) is 3.20. The third kappa shape index (κ3) is 1.62. The van der Waals surface area contributed by atoms with Crippen molar-refractivity contribution in [2.45, 2.75) is 0 Å². The van der Waals surface area contributed by atoms with Gasteiger partial charge in [-0.2, -0.15) is 0 Å². The summed E-state index contributed by atoms with van der Waals surface area (Å²) in [7, 11) is 1.83. The summed E-state index contributed by atoms with van der Waals surface area (Å²) >= 11 is 0. The van der Waals surface area contributed by atoms with Gasteiger partial charge in [0.15, 0.2) is 6.73 Å². The van der Waals surface area contributed by atoms with E-state index in [1.165, 1.54) is 0 Å². The van der Waals surface area contributed by atoms with Gasteiger partial charge in [0, 0.05) is 7.05 Å². The van der Waals surface area contributed by atoms with Crippen LogP contribution in [0.25, 0.3) is 6.08 Å². The number of likely N-dealkylation sites (N-methyl/N-ethyl adjacent to an activating group) is 1.